The summed E-state index contributed by atoms with van der Waals surface area (Å²) in [4.78, 5) is 2.58. The van der Waals surface area contributed by atoms with Crippen molar-refractivity contribution in [3.63, 3.8) is 0 Å². The minimum Gasteiger partial charge on any atom is -0.0533 e. The van der Waals surface area contributed by atoms with Gasteiger partial charge in [-0.25, -0.2) is 0 Å². The Labute approximate surface area is 176 Å². The summed E-state index contributed by atoms with van der Waals surface area (Å²) in [5, 5.41) is 5.20. The van der Waals surface area contributed by atoms with E-state index in [0.717, 1.165) is 0 Å². The van der Waals surface area contributed by atoms with Crippen molar-refractivity contribution < 1.29 is 0 Å². The minimum absolute atomic E-state index is 1.28. The van der Waals surface area contributed by atoms with Crippen LogP contribution in [0.25, 0.3) is 21.5 Å². The Morgan fingerprint density at radius 1 is 0.458 bits per heavy atom. The molecular weight excluding hydrogens is 558 g/mol. The van der Waals surface area contributed by atoms with E-state index in [1.807, 2.05) is 21.6 Å². The molecule has 0 bridgehead atoms. The Balaban J connectivity index is 1.56. The molecule has 24 heavy (non-hydrogen) atoms. The SMILES string of the molecule is Ic1ccc2cc(SSc3ccc4cc(I)ccc4c3)ccc2c1. The molecule has 4 aromatic rings. The van der Waals surface area contributed by atoms with Crippen LogP contribution >= 0.6 is 66.8 Å². The van der Waals surface area contributed by atoms with E-state index >= 15 is 0 Å². The quantitative estimate of drug-likeness (QED) is 0.181. The summed E-state index contributed by atoms with van der Waals surface area (Å²) < 4.78 is 2.56. The lowest BCUT2D eigenvalue weighted by Crippen LogP contribution is -1.77. The average Bonchev–Trinajstić information content (AvgIpc) is 2.60. The lowest BCUT2D eigenvalue weighted by Gasteiger charge is -2.05. The molecule has 0 saturated heterocycles. The van der Waals surface area contributed by atoms with E-state index < -0.39 is 0 Å². The van der Waals surface area contributed by atoms with Crippen LogP contribution in [0.2, 0.25) is 0 Å². The second-order valence-corrected chi connectivity index (χ2v) is 10.2. The number of fused-ring (bicyclic) bond motifs is 2. The van der Waals surface area contributed by atoms with E-state index in [2.05, 4.69) is 118 Å². The van der Waals surface area contributed by atoms with E-state index in [1.165, 1.54) is 38.5 Å². The fourth-order valence-electron chi connectivity index (χ4n) is 2.59. The van der Waals surface area contributed by atoms with Gasteiger partial charge in [-0.15, -0.1) is 0 Å². The van der Waals surface area contributed by atoms with Gasteiger partial charge in [0.05, 0.1) is 0 Å². The molecule has 0 aliphatic rings. The van der Waals surface area contributed by atoms with Crippen LogP contribution in [0.4, 0.5) is 0 Å². The van der Waals surface area contributed by atoms with Crippen LogP contribution in [0.1, 0.15) is 0 Å². The zero-order valence-electron chi connectivity index (χ0n) is 12.5. The Morgan fingerprint density at radius 2 is 0.833 bits per heavy atom. The van der Waals surface area contributed by atoms with E-state index in [-0.39, 0.29) is 0 Å². The predicted octanol–water partition coefficient (Wildman–Crippen LogP) is 8.00. The molecular formula is C20H12I2S2. The number of hydrogen-bond donors (Lipinski definition) is 0. The number of halogens is 2. The van der Waals surface area contributed by atoms with Gasteiger partial charge >= 0.3 is 0 Å². The first-order valence-corrected chi connectivity index (χ1v) is 11.7. The van der Waals surface area contributed by atoms with Crippen molar-refractivity contribution in [2.45, 2.75) is 9.79 Å². The molecule has 0 saturated carbocycles. The Morgan fingerprint density at radius 3 is 1.29 bits per heavy atom. The number of hydrogen-bond acceptors (Lipinski definition) is 2. The van der Waals surface area contributed by atoms with Gasteiger partial charge in [0, 0.05) is 16.9 Å². The highest BCUT2D eigenvalue weighted by Crippen LogP contribution is 2.39. The van der Waals surface area contributed by atoms with E-state index in [4.69, 9.17) is 0 Å². The van der Waals surface area contributed by atoms with E-state index in [1.54, 1.807) is 0 Å². The largest absolute Gasteiger partial charge is 0.0533 e. The fraction of sp³-hybridized carbons (Fsp3) is 0. The third-order valence-electron chi connectivity index (χ3n) is 3.78. The van der Waals surface area contributed by atoms with Crippen LogP contribution in [0.15, 0.2) is 82.6 Å². The summed E-state index contributed by atoms with van der Waals surface area (Å²) in [5.41, 5.74) is 0. The van der Waals surface area contributed by atoms with Crippen LogP contribution < -0.4 is 0 Å². The summed E-state index contributed by atoms with van der Waals surface area (Å²) in [5.74, 6) is 0. The van der Waals surface area contributed by atoms with Gasteiger partial charge < -0.3 is 0 Å². The molecule has 0 nitrogen and oxygen atoms in total. The van der Waals surface area contributed by atoms with Crippen molar-refractivity contribution in [2.75, 3.05) is 0 Å². The van der Waals surface area contributed by atoms with Gasteiger partial charge in [0.15, 0.2) is 0 Å². The topological polar surface area (TPSA) is 0 Å². The third kappa shape index (κ3) is 3.86. The van der Waals surface area contributed by atoms with Crippen LogP contribution in [-0.2, 0) is 0 Å². The average molecular weight is 570 g/mol. The summed E-state index contributed by atoms with van der Waals surface area (Å²) in [6, 6.07) is 26.5. The summed E-state index contributed by atoms with van der Waals surface area (Å²) in [6.07, 6.45) is 0. The summed E-state index contributed by atoms with van der Waals surface area (Å²) >= 11 is 4.72. The molecule has 0 radical (unpaired) electrons. The zero-order valence-corrected chi connectivity index (χ0v) is 18.4. The standard InChI is InChI=1S/C20H12I2S2/c21-17-5-1-15-11-19(7-3-13(15)9-17)23-24-20-8-4-14-10-18(22)6-2-16(14)12-20/h1-12H. The maximum atomic E-state index is 2.36. The first kappa shape index (κ1) is 17.0. The molecule has 0 atom stereocenters. The van der Waals surface area contributed by atoms with Crippen molar-refractivity contribution in [1.29, 1.82) is 0 Å². The number of rotatable bonds is 3. The van der Waals surface area contributed by atoms with Gasteiger partial charge in [-0.2, -0.15) is 0 Å². The fourth-order valence-corrected chi connectivity index (χ4v) is 5.61. The summed E-state index contributed by atoms with van der Waals surface area (Å²) in [7, 11) is 3.64. The number of benzene rings is 4. The third-order valence-corrected chi connectivity index (χ3v) is 7.50. The van der Waals surface area contributed by atoms with Crippen molar-refractivity contribution >= 4 is 88.3 Å². The van der Waals surface area contributed by atoms with Crippen molar-refractivity contribution in [3.05, 3.63) is 79.9 Å². The Hall–Kier alpha value is -0.440. The highest BCUT2D eigenvalue weighted by molar-refractivity contribution is 14.1. The molecule has 0 aliphatic heterocycles. The van der Waals surface area contributed by atoms with Gasteiger partial charge in [-0.1, -0.05) is 45.9 Å². The molecule has 0 aliphatic carbocycles. The van der Waals surface area contributed by atoms with E-state index in [9.17, 15) is 0 Å². The molecule has 0 spiro atoms. The Bertz CT molecular complexity index is 959. The Kier molecular flexibility index (Phi) is 5.26. The smallest absolute Gasteiger partial charge is 0.0192 e. The normalized spacial score (nSPS) is 11.2. The molecule has 4 rings (SSSR count). The van der Waals surface area contributed by atoms with Gasteiger partial charge in [0.25, 0.3) is 0 Å². The molecule has 0 unspecified atom stereocenters. The molecule has 118 valence electrons. The van der Waals surface area contributed by atoms with Gasteiger partial charge in [-0.05, 0) is 115 Å². The van der Waals surface area contributed by atoms with Crippen molar-refractivity contribution in [3.8, 4) is 0 Å². The lowest BCUT2D eigenvalue weighted by atomic mass is 10.1. The van der Waals surface area contributed by atoms with E-state index in [0.29, 0.717) is 0 Å². The van der Waals surface area contributed by atoms with Gasteiger partial charge in [-0.3, -0.25) is 0 Å². The van der Waals surface area contributed by atoms with Gasteiger partial charge in [0.1, 0.15) is 0 Å². The molecule has 4 heteroatoms. The first-order valence-electron chi connectivity index (χ1n) is 7.41. The highest BCUT2D eigenvalue weighted by atomic mass is 127. The van der Waals surface area contributed by atoms with Gasteiger partial charge in [0.2, 0.25) is 0 Å². The molecule has 0 amide bonds. The second-order valence-electron chi connectivity index (χ2n) is 5.47. The molecule has 0 aromatic heterocycles. The molecule has 0 N–H and O–H groups in total. The van der Waals surface area contributed by atoms with Crippen molar-refractivity contribution in [2.24, 2.45) is 0 Å². The van der Waals surface area contributed by atoms with Crippen LogP contribution in [0, 0.1) is 7.14 Å². The minimum atomic E-state index is 1.28. The van der Waals surface area contributed by atoms with Crippen molar-refractivity contribution in [1.82, 2.24) is 0 Å². The predicted molar refractivity (Wildman–Crippen MR) is 125 cm³/mol. The maximum Gasteiger partial charge on any atom is 0.0192 e. The lowest BCUT2D eigenvalue weighted by molar-refractivity contribution is 1.51. The maximum absolute atomic E-state index is 2.36. The molecule has 0 heterocycles. The molecule has 0 fully saturated rings. The first-order chi connectivity index (χ1) is 11.7. The van der Waals surface area contributed by atoms with Crippen LogP contribution in [0.5, 0.6) is 0 Å². The monoisotopic (exact) mass is 570 g/mol. The summed E-state index contributed by atoms with van der Waals surface area (Å²) in [6.45, 7) is 0. The highest BCUT2D eigenvalue weighted by Gasteiger charge is 2.02. The molecule has 4 aromatic carbocycles. The second kappa shape index (κ2) is 7.43. The van der Waals surface area contributed by atoms with Crippen LogP contribution in [-0.4, -0.2) is 0 Å². The zero-order chi connectivity index (χ0) is 16.5. The van der Waals surface area contributed by atoms with Crippen LogP contribution in [0.3, 0.4) is 0 Å².